The van der Waals surface area contributed by atoms with E-state index in [1.807, 2.05) is 0 Å². The van der Waals surface area contributed by atoms with Crippen LogP contribution in [-0.4, -0.2) is 39.3 Å². The Morgan fingerprint density at radius 2 is 1.95 bits per heavy atom. The third kappa shape index (κ3) is 5.01. The van der Waals surface area contributed by atoms with Crippen LogP contribution in [0.3, 0.4) is 0 Å². The van der Waals surface area contributed by atoms with Crippen molar-refractivity contribution in [3.05, 3.63) is 23.7 Å². The average Bonchev–Trinajstić information content (AvgIpc) is 2.60. The van der Waals surface area contributed by atoms with E-state index in [9.17, 15) is 18.0 Å². The number of nitrogens with zero attached hydrogens (tertiary/aromatic N) is 3. The van der Waals surface area contributed by atoms with Crippen molar-refractivity contribution in [2.45, 2.75) is 12.6 Å². The molecule has 2 rings (SSSR count). The number of rotatable bonds is 1. The molecule has 1 aliphatic rings. The van der Waals surface area contributed by atoms with E-state index in [0.29, 0.717) is 17.8 Å². The van der Waals surface area contributed by atoms with Crippen LogP contribution >= 0.6 is 0 Å². The maximum atomic E-state index is 11.0. The van der Waals surface area contributed by atoms with Crippen molar-refractivity contribution in [3.8, 4) is 0 Å². The minimum absolute atomic E-state index is 0.436. The quantitative estimate of drug-likeness (QED) is 0.804. The zero-order chi connectivity index (χ0) is 16.0. The lowest BCUT2D eigenvalue weighted by molar-refractivity contribution is -0.192. The Morgan fingerprint density at radius 1 is 1.33 bits per heavy atom. The molecular weight excluding hydrogens is 293 g/mol. The molecule has 0 aromatic carbocycles. The number of aromatic nitrogens is 2. The molecule has 2 heterocycles. The first-order valence-corrected chi connectivity index (χ1v) is 5.35. The van der Waals surface area contributed by atoms with Crippen LogP contribution in [0, 0.1) is 0 Å². The molecule has 3 N–H and O–H groups in total. The molecule has 0 saturated heterocycles. The summed E-state index contributed by atoms with van der Waals surface area (Å²) in [6, 6.07) is 0. The Hall–Kier alpha value is -2.78. The van der Waals surface area contributed by atoms with Crippen molar-refractivity contribution in [1.29, 1.82) is 0 Å². The Kier molecular flexibility index (Phi) is 5.11. The highest BCUT2D eigenvalue weighted by Crippen LogP contribution is 2.21. The molecule has 112 valence electrons. The van der Waals surface area contributed by atoms with Gasteiger partial charge in [0, 0.05) is 30.0 Å². The normalized spacial score (nSPS) is 13.2. The number of nitrogens with two attached hydrogens (primary N) is 1. The van der Waals surface area contributed by atoms with Gasteiger partial charge >= 0.3 is 12.1 Å². The molecule has 10 heteroatoms. The summed E-state index contributed by atoms with van der Waals surface area (Å²) in [4.78, 5) is 31.8. The Labute approximate surface area is 116 Å². The van der Waals surface area contributed by atoms with E-state index in [1.165, 1.54) is 6.33 Å². The SMILES string of the molecule is NC(=O)C1=Cc2cncnc2N=CC1.O=C(O)C(F)(F)F. The number of carboxylic acids is 1. The second-order valence-corrected chi connectivity index (χ2v) is 3.65. The molecule has 0 fully saturated rings. The molecule has 0 saturated carbocycles. The first-order valence-electron chi connectivity index (χ1n) is 5.35. The number of fused-ring (bicyclic) bond motifs is 1. The van der Waals surface area contributed by atoms with Gasteiger partial charge in [0.1, 0.15) is 6.33 Å². The standard InChI is InChI=1S/C9H8N4O.C2HF3O2/c10-8(14)6-1-2-12-9-7(3-6)4-11-5-13-9;3-2(4,5)1(6)7/h2-5H,1H2,(H2,10,14);(H,6,7). The van der Waals surface area contributed by atoms with Gasteiger partial charge in [-0.25, -0.2) is 19.8 Å². The predicted octanol–water partition coefficient (Wildman–Crippen LogP) is 1.08. The fraction of sp³-hybridized carbons (Fsp3) is 0.182. The lowest BCUT2D eigenvalue weighted by atomic mass is 10.1. The number of halogens is 3. The number of carbonyl (C=O) groups is 2. The number of carbonyl (C=O) groups excluding carboxylic acids is 1. The second-order valence-electron chi connectivity index (χ2n) is 3.65. The maximum Gasteiger partial charge on any atom is 0.490 e. The van der Waals surface area contributed by atoms with E-state index < -0.39 is 18.1 Å². The van der Waals surface area contributed by atoms with Gasteiger partial charge in [0.25, 0.3) is 0 Å². The minimum Gasteiger partial charge on any atom is -0.475 e. The van der Waals surface area contributed by atoms with Gasteiger partial charge in [-0.1, -0.05) is 0 Å². The number of alkyl halides is 3. The van der Waals surface area contributed by atoms with Crippen LogP contribution in [0.25, 0.3) is 6.08 Å². The average molecular weight is 302 g/mol. The van der Waals surface area contributed by atoms with E-state index in [0.717, 1.165) is 5.56 Å². The van der Waals surface area contributed by atoms with Crippen molar-refractivity contribution < 1.29 is 27.9 Å². The molecule has 0 spiro atoms. The van der Waals surface area contributed by atoms with Gasteiger partial charge in [-0.05, 0) is 6.08 Å². The topological polar surface area (TPSA) is 119 Å². The van der Waals surface area contributed by atoms with E-state index in [1.54, 1.807) is 18.5 Å². The van der Waals surface area contributed by atoms with Crippen LogP contribution < -0.4 is 5.73 Å². The second kappa shape index (κ2) is 6.59. The monoisotopic (exact) mass is 302 g/mol. The summed E-state index contributed by atoms with van der Waals surface area (Å²) < 4.78 is 31.7. The molecule has 1 aromatic rings. The van der Waals surface area contributed by atoms with E-state index >= 15 is 0 Å². The maximum absolute atomic E-state index is 11.0. The van der Waals surface area contributed by atoms with Gasteiger partial charge in [0.05, 0.1) is 0 Å². The van der Waals surface area contributed by atoms with Gasteiger partial charge in [-0.15, -0.1) is 0 Å². The van der Waals surface area contributed by atoms with Crippen LogP contribution in [0.5, 0.6) is 0 Å². The summed E-state index contributed by atoms with van der Waals surface area (Å²) in [5.41, 5.74) is 6.42. The summed E-state index contributed by atoms with van der Waals surface area (Å²) in [7, 11) is 0. The predicted molar refractivity (Wildman–Crippen MR) is 65.7 cm³/mol. The Bertz CT molecular complexity index is 611. The lowest BCUT2D eigenvalue weighted by Gasteiger charge is -1.97. The molecule has 21 heavy (non-hydrogen) atoms. The molecule has 0 bridgehead atoms. The van der Waals surface area contributed by atoms with Crippen LogP contribution in [0.2, 0.25) is 0 Å². The highest BCUT2D eigenvalue weighted by atomic mass is 19.4. The van der Waals surface area contributed by atoms with Crippen molar-refractivity contribution >= 4 is 30.0 Å². The molecule has 0 aliphatic carbocycles. The van der Waals surface area contributed by atoms with Crippen LogP contribution in [-0.2, 0) is 9.59 Å². The van der Waals surface area contributed by atoms with E-state index in [-0.39, 0.29) is 0 Å². The van der Waals surface area contributed by atoms with Crippen molar-refractivity contribution in [2.75, 3.05) is 0 Å². The third-order valence-corrected chi connectivity index (χ3v) is 2.13. The van der Waals surface area contributed by atoms with Crippen LogP contribution in [0.1, 0.15) is 12.0 Å². The van der Waals surface area contributed by atoms with Crippen molar-refractivity contribution in [1.82, 2.24) is 9.97 Å². The first-order chi connectivity index (χ1) is 9.71. The molecular formula is C11H9F3N4O3. The molecule has 1 aliphatic heterocycles. The lowest BCUT2D eigenvalue weighted by Crippen LogP contribution is -2.21. The first kappa shape index (κ1) is 16.3. The minimum atomic E-state index is -5.08. The number of hydrogen-bond donors (Lipinski definition) is 2. The molecule has 0 unspecified atom stereocenters. The smallest absolute Gasteiger partial charge is 0.475 e. The number of aliphatic imine (C=N–C) groups is 1. The van der Waals surface area contributed by atoms with E-state index in [4.69, 9.17) is 15.6 Å². The van der Waals surface area contributed by atoms with Gasteiger partial charge in [-0.3, -0.25) is 4.79 Å². The van der Waals surface area contributed by atoms with Gasteiger partial charge in [0.2, 0.25) is 5.91 Å². The molecule has 1 aromatic heterocycles. The van der Waals surface area contributed by atoms with Gasteiger partial charge in [-0.2, -0.15) is 13.2 Å². The molecule has 1 amide bonds. The molecule has 0 radical (unpaired) electrons. The summed E-state index contributed by atoms with van der Waals surface area (Å²) in [5, 5.41) is 7.12. The Balaban J connectivity index is 0.000000270. The zero-order valence-corrected chi connectivity index (χ0v) is 10.3. The highest BCUT2D eigenvalue weighted by Gasteiger charge is 2.38. The zero-order valence-electron chi connectivity index (χ0n) is 10.3. The number of hydrogen-bond acceptors (Lipinski definition) is 5. The van der Waals surface area contributed by atoms with Gasteiger partial charge in [0.15, 0.2) is 5.82 Å². The van der Waals surface area contributed by atoms with Crippen molar-refractivity contribution in [3.63, 3.8) is 0 Å². The fourth-order valence-corrected chi connectivity index (χ4v) is 1.19. The summed E-state index contributed by atoms with van der Waals surface area (Å²) in [6.07, 6.45) is 1.67. The largest absolute Gasteiger partial charge is 0.490 e. The van der Waals surface area contributed by atoms with Gasteiger partial charge < -0.3 is 10.8 Å². The van der Waals surface area contributed by atoms with Crippen LogP contribution in [0.4, 0.5) is 19.0 Å². The third-order valence-electron chi connectivity index (χ3n) is 2.13. The Morgan fingerprint density at radius 3 is 2.48 bits per heavy atom. The summed E-state index contributed by atoms with van der Waals surface area (Å²) >= 11 is 0. The number of carboxylic acid groups (broad SMARTS) is 1. The van der Waals surface area contributed by atoms with E-state index in [2.05, 4.69) is 15.0 Å². The molecule has 7 nitrogen and oxygen atoms in total. The molecule has 0 atom stereocenters. The van der Waals surface area contributed by atoms with Crippen molar-refractivity contribution in [2.24, 2.45) is 10.7 Å². The summed E-state index contributed by atoms with van der Waals surface area (Å²) in [6.45, 7) is 0. The fourth-order valence-electron chi connectivity index (χ4n) is 1.19. The number of primary amides is 1. The number of amides is 1. The number of aliphatic carboxylic acids is 1. The highest BCUT2D eigenvalue weighted by molar-refractivity contribution is 6.00. The van der Waals surface area contributed by atoms with Crippen LogP contribution in [0.15, 0.2) is 23.1 Å². The summed E-state index contributed by atoms with van der Waals surface area (Å²) in [5.74, 6) is -2.63.